The highest BCUT2D eigenvalue weighted by Gasteiger charge is 2.00. The Hall–Kier alpha value is -0.740. The molecule has 3 nitrogen and oxygen atoms in total. The number of rotatable bonds is 8. The number of nitrogens with zero attached hydrogens (tertiary/aromatic N) is 2. The summed E-state index contributed by atoms with van der Waals surface area (Å²) in [6.45, 7) is 7.92. The zero-order valence-corrected chi connectivity index (χ0v) is 11.9. The van der Waals surface area contributed by atoms with E-state index < -0.39 is 0 Å². The second kappa shape index (κ2) is 8.37. The fraction of sp³-hybridized carbons (Fsp3) is 0.615. The third-order valence-corrected chi connectivity index (χ3v) is 3.80. The smallest absolute Gasteiger partial charge is 0.125 e. The molecular weight excluding hydrogens is 230 g/mol. The van der Waals surface area contributed by atoms with E-state index in [1.165, 1.54) is 17.9 Å². The summed E-state index contributed by atoms with van der Waals surface area (Å²) in [4.78, 5) is 6.67. The molecule has 0 bridgehead atoms. The highest BCUT2D eigenvalue weighted by molar-refractivity contribution is 7.98. The van der Waals surface area contributed by atoms with Gasteiger partial charge in [0.25, 0.3) is 0 Å². The van der Waals surface area contributed by atoms with Gasteiger partial charge in [-0.05, 0) is 30.8 Å². The van der Waals surface area contributed by atoms with E-state index in [2.05, 4.69) is 41.2 Å². The summed E-state index contributed by atoms with van der Waals surface area (Å²) in [6.07, 6.45) is 1.87. The van der Waals surface area contributed by atoms with Crippen LogP contribution < -0.4 is 5.32 Å². The van der Waals surface area contributed by atoms with Crippen molar-refractivity contribution >= 4 is 17.6 Å². The Balaban J connectivity index is 2.26. The van der Waals surface area contributed by atoms with Gasteiger partial charge in [-0.25, -0.2) is 4.98 Å². The lowest BCUT2D eigenvalue weighted by atomic mass is 10.3. The molecular formula is C13H23N3S. The zero-order valence-electron chi connectivity index (χ0n) is 11.1. The molecule has 17 heavy (non-hydrogen) atoms. The summed E-state index contributed by atoms with van der Waals surface area (Å²) in [5, 5.41) is 3.07. The molecule has 0 radical (unpaired) electrons. The van der Waals surface area contributed by atoms with Gasteiger partial charge in [-0.3, -0.25) is 0 Å². The maximum Gasteiger partial charge on any atom is 0.125 e. The van der Waals surface area contributed by atoms with E-state index in [1.807, 2.05) is 25.0 Å². The van der Waals surface area contributed by atoms with E-state index in [0.717, 1.165) is 24.7 Å². The van der Waals surface area contributed by atoms with Crippen LogP contribution >= 0.6 is 11.8 Å². The molecule has 0 aliphatic carbocycles. The van der Waals surface area contributed by atoms with E-state index in [4.69, 9.17) is 0 Å². The minimum atomic E-state index is 0.951. The van der Waals surface area contributed by atoms with Crippen molar-refractivity contribution in [3.05, 3.63) is 23.9 Å². The normalized spacial score (nSPS) is 10.8. The first kappa shape index (κ1) is 14.3. The molecule has 1 aromatic heterocycles. The second-order valence-electron chi connectivity index (χ2n) is 3.88. The molecule has 0 fully saturated rings. The highest BCUT2D eigenvalue weighted by atomic mass is 32.2. The van der Waals surface area contributed by atoms with Gasteiger partial charge in [0.2, 0.25) is 0 Å². The van der Waals surface area contributed by atoms with Gasteiger partial charge in [-0.1, -0.05) is 13.8 Å². The topological polar surface area (TPSA) is 28.2 Å². The highest BCUT2D eigenvalue weighted by Crippen LogP contribution is 2.14. The predicted octanol–water partition coefficient (Wildman–Crippen LogP) is 2.70. The van der Waals surface area contributed by atoms with Crippen LogP contribution in [0.1, 0.15) is 19.4 Å². The lowest BCUT2D eigenvalue weighted by Gasteiger charge is -2.17. The Morgan fingerprint density at radius 3 is 2.76 bits per heavy atom. The van der Waals surface area contributed by atoms with Gasteiger partial charge >= 0.3 is 0 Å². The maximum atomic E-state index is 4.21. The summed E-state index contributed by atoms with van der Waals surface area (Å²) < 4.78 is 0. The minimum Gasteiger partial charge on any atom is -0.373 e. The molecule has 0 saturated carbocycles. The Kier molecular flexibility index (Phi) is 7.05. The molecule has 0 aromatic carbocycles. The number of thioether (sulfide) groups is 1. The number of pyridine rings is 1. The summed E-state index contributed by atoms with van der Waals surface area (Å²) >= 11 is 1.99. The van der Waals surface area contributed by atoms with Crippen LogP contribution in [-0.4, -0.2) is 42.3 Å². The Morgan fingerprint density at radius 1 is 1.35 bits per heavy atom. The molecule has 0 unspecified atom stereocenters. The van der Waals surface area contributed by atoms with Crippen molar-refractivity contribution in [3.8, 4) is 0 Å². The summed E-state index contributed by atoms with van der Waals surface area (Å²) in [5.74, 6) is 3.21. The fourth-order valence-corrected chi connectivity index (χ4v) is 2.57. The lowest BCUT2D eigenvalue weighted by Crippen LogP contribution is -2.25. The standard InChI is InChI=1S/C13H23N3S/c1-4-16(5-2)8-9-17-11-12-6-7-15-13(10-12)14-3/h6-7,10H,4-5,8-9,11H2,1-3H3,(H,14,15). The molecule has 0 spiro atoms. The van der Waals surface area contributed by atoms with Crippen LogP contribution in [0.25, 0.3) is 0 Å². The van der Waals surface area contributed by atoms with Crippen LogP contribution in [0.3, 0.4) is 0 Å². The van der Waals surface area contributed by atoms with Gasteiger partial charge < -0.3 is 10.2 Å². The number of aromatic nitrogens is 1. The van der Waals surface area contributed by atoms with Crippen LogP contribution in [0.15, 0.2) is 18.3 Å². The van der Waals surface area contributed by atoms with Gasteiger partial charge in [0.05, 0.1) is 0 Å². The van der Waals surface area contributed by atoms with Crippen LogP contribution in [0, 0.1) is 0 Å². The third-order valence-electron chi connectivity index (χ3n) is 2.80. The Bertz CT molecular complexity index is 313. The van der Waals surface area contributed by atoms with Crippen LogP contribution in [0.5, 0.6) is 0 Å². The van der Waals surface area contributed by atoms with E-state index in [0.29, 0.717) is 0 Å². The van der Waals surface area contributed by atoms with E-state index in [9.17, 15) is 0 Å². The molecule has 0 amide bonds. The van der Waals surface area contributed by atoms with Crippen molar-refractivity contribution in [3.63, 3.8) is 0 Å². The quantitative estimate of drug-likeness (QED) is 0.721. The molecule has 0 atom stereocenters. The maximum absolute atomic E-state index is 4.21. The van der Waals surface area contributed by atoms with Gasteiger partial charge in [-0.2, -0.15) is 11.8 Å². The Labute approximate surface area is 109 Å². The van der Waals surface area contributed by atoms with Gasteiger partial charge in [0, 0.05) is 31.3 Å². The Morgan fingerprint density at radius 2 is 2.12 bits per heavy atom. The monoisotopic (exact) mass is 253 g/mol. The molecule has 0 aliphatic heterocycles. The number of hydrogen-bond acceptors (Lipinski definition) is 4. The van der Waals surface area contributed by atoms with Gasteiger partial charge in [0.15, 0.2) is 0 Å². The molecule has 1 N–H and O–H groups in total. The first-order valence-corrected chi connectivity index (χ1v) is 7.38. The average Bonchev–Trinajstić information content (AvgIpc) is 2.39. The van der Waals surface area contributed by atoms with E-state index >= 15 is 0 Å². The lowest BCUT2D eigenvalue weighted by molar-refractivity contribution is 0.324. The van der Waals surface area contributed by atoms with Crippen molar-refractivity contribution in [1.82, 2.24) is 9.88 Å². The average molecular weight is 253 g/mol. The molecule has 4 heteroatoms. The first-order valence-electron chi connectivity index (χ1n) is 6.22. The van der Waals surface area contributed by atoms with E-state index in [1.54, 1.807) is 0 Å². The van der Waals surface area contributed by atoms with Crippen molar-refractivity contribution in [2.24, 2.45) is 0 Å². The minimum absolute atomic E-state index is 0.951. The van der Waals surface area contributed by atoms with Gasteiger partial charge in [-0.15, -0.1) is 0 Å². The molecule has 0 aliphatic rings. The summed E-state index contributed by atoms with van der Waals surface area (Å²) in [7, 11) is 1.90. The SMILES string of the molecule is CCN(CC)CCSCc1ccnc(NC)c1. The largest absolute Gasteiger partial charge is 0.373 e. The van der Waals surface area contributed by atoms with Crippen molar-refractivity contribution in [1.29, 1.82) is 0 Å². The van der Waals surface area contributed by atoms with Crippen molar-refractivity contribution in [2.45, 2.75) is 19.6 Å². The van der Waals surface area contributed by atoms with Crippen LogP contribution in [-0.2, 0) is 5.75 Å². The number of nitrogens with one attached hydrogen (secondary N) is 1. The van der Waals surface area contributed by atoms with Crippen LogP contribution in [0.4, 0.5) is 5.82 Å². The summed E-state index contributed by atoms with van der Waals surface area (Å²) in [5.41, 5.74) is 1.34. The van der Waals surface area contributed by atoms with Crippen molar-refractivity contribution < 1.29 is 0 Å². The number of anilines is 1. The zero-order chi connectivity index (χ0) is 12.5. The molecule has 1 heterocycles. The van der Waals surface area contributed by atoms with Gasteiger partial charge in [0.1, 0.15) is 5.82 Å². The predicted molar refractivity (Wildman–Crippen MR) is 77.7 cm³/mol. The summed E-state index contributed by atoms with van der Waals surface area (Å²) in [6, 6.07) is 4.20. The first-order chi connectivity index (χ1) is 8.30. The van der Waals surface area contributed by atoms with Crippen molar-refractivity contribution in [2.75, 3.05) is 37.8 Å². The molecule has 1 aromatic rings. The van der Waals surface area contributed by atoms with E-state index in [-0.39, 0.29) is 0 Å². The number of hydrogen-bond donors (Lipinski definition) is 1. The second-order valence-corrected chi connectivity index (χ2v) is 4.98. The fourth-order valence-electron chi connectivity index (χ4n) is 1.62. The molecule has 0 saturated heterocycles. The van der Waals surface area contributed by atoms with Crippen LogP contribution in [0.2, 0.25) is 0 Å². The third kappa shape index (κ3) is 5.41. The molecule has 96 valence electrons. The molecule has 1 rings (SSSR count).